The van der Waals surface area contributed by atoms with Crippen molar-refractivity contribution in [3.8, 4) is 0 Å². The molecule has 2 fully saturated rings. The third-order valence-electron chi connectivity index (χ3n) is 5.25. The Morgan fingerprint density at radius 1 is 1.18 bits per heavy atom. The van der Waals surface area contributed by atoms with Crippen molar-refractivity contribution < 1.29 is 5.11 Å². The maximum absolute atomic E-state index is 9.40. The molecule has 1 atom stereocenters. The second kappa shape index (κ2) is 7.39. The van der Waals surface area contributed by atoms with Crippen LogP contribution < -0.4 is 0 Å². The Kier molecular flexibility index (Phi) is 5.50. The molecule has 0 saturated carbocycles. The molecule has 0 aliphatic carbocycles. The molecule has 0 spiro atoms. The fraction of sp³-hybridized carbons (Fsp3) is 0.824. The summed E-state index contributed by atoms with van der Waals surface area (Å²) >= 11 is 1.85. The molecule has 5 heteroatoms. The lowest BCUT2D eigenvalue weighted by atomic mass is 9.94. The van der Waals surface area contributed by atoms with Crippen molar-refractivity contribution in [3.05, 3.63) is 15.6 Å². The van der Waals surface area contributed by atoms with Gasteiger partial charge < -0.3 is 5.11 Å². The summed E-state index contributed by atoms with van der Waals surface area (Å²) in [6.07, 6.45) is 5.00. The van der Waals surface area contributed by atoms with Crippen LogP contribution in [0.4, 0.5) is 0 Å². The zero-order valence-corrected chi connectivity index (χ0v) is 14.7. The largest absolute Gasteiger partial charge is 0.396 e. The van der Waals surface area contributed by atoms with Crippen LogP contribution in [-0.2, 0) is 6.54 Å². The van der Waals surface area contributed by atoms with Gasteiger partial charge in [-0.2, -0.15) is 0 Å². The predicted molar refractivity (Wildman–Crippen MR) is 91.3 cm³/mol. The summed E-state index contributed by atoms with van der Waals surface area (Å²) in [5.74, 6) is 0.509. The molecular formula is C17H29N3OS. The van der Waals surface area contributed by atoms with E-state index in [-0.39, 0.29) is 0 Å². The molecule has 2 aliphatic heterocycles. The first-order chi connectivity index (χ1) is 10.7. The van der Waals surface area contributed by atoms with E-state index in [9.17, 15) is 5.11 Å². The van der Waals surface area contributed by atoms with E-state index in [2.05, 4.69) is 28.6 Å². The number of nitrogens with zero attached hydrogens (tertiary/aromatic N) is 3. The Labute approximate surface area is 138 Å². The highest BCUT2D eigenvalue weighted by Gasteiger charge is 2.28. The molecule has 0 bridgehead atoms. The monoisotopic (exact) mass is 323 g/mol. The molecule has 0 radical (unpaired) electrons. The van der Waals surface area contributed by atoms with Gasteiger partial charge in [0, 0.05) is 43.7 Å². The Bertz CT molecular complexity index is 482. The minimum Gasteiger partial charge on any atom is -0.396 e. The third-order valence-corrected chi connectivity index (χ3v) is 6.31. The number of aliphatic hydroxyl groups is 1. The fourth-order valence-electron chi connectivity index (χ4n) is 3.94. The molecule has 22 heavy (non-hydrogen) atoms. The fourth-order valence-corrected chi connectivity index (χ4v) is 4.92. The van der Waals surface area contributed by atoms with Gasteiger partial charge in [-0.3, -0.25) is 9.80 Å². The van der Waals surface area contributed by atoms with Gasteiger partial charge >= 0.3 is 0 Å². The van der Waals surface area contributed by atoms with E-state index in [4.69, 9.17) is 0 Å². The summed E-state index contributed by atoms with van der Waals surface area (Å²) in [4.78, 5) is 11.2. The summed E-state index contributed by atoms with van der Waals surface area (Å²) in [7, 11) is 0. The second-order valence-corrected chi connectivity index (χ2v) is 8.22. The van der Waals surface area contributed by atoms with Gasteiger partial charge in [-0.1, -0.05) is 0 Å². The molecule has 2 saturated heterocycles. The van der Waals surface area contributed by atoms with E-state index < -0.39 is 0 Å². The van der Waals surface area contributed by atoms with Gasteiger partial charge in [-0.25, -0.2) is 4.98 Å². The number of piperidine rings is 2. The van der Waals surface area contributed by atoms with Crippen LogP contribution in [0.2, 0.25) is 0 Å². The van der Waals surface area contributed by atoms with Crippen LogP contribution in [-0.4, -0.2) is 58.7 Å². The summed E-state index contributed by atoms with van der Waals surface area (Å²) < 4.78 is 0. The van der Waals surface area contributed by atoms with E-state index >= 15 is 0 Å². The normalized spacial score (nSPS) is 25.7. The van der Waals surface area contributed by atoms with E-state index in [1.54, 1.807) is 0 Å². The number of hydrogen-bond donors (Lipinski definition) is 1. The number of rotatable bonds is 4. The zero-order chi connectivity index (χ0) is 15.5. The lowest BCUT2D eigenvalue weighted by Gasteiger charge is -2.42. The van der Waals surface area contributed by atoms with Gasteiger partial charge in [0.05, 0.1) is 10.7 Å². The molecule has 0 unspecified atom stereocenters. The molecule has 3 heterocycles. The van der Waals surface area contributed by atoms with Crippen LogP contribution in [0.25, 0.3) is 0 Å². The van der Waals surface area contributed by atoms with Gasteiger partial charge in [0.15, 0.2) is 0 Å². The van der Waals surface area contributed by atoms with E-state index in [1.807, 2.05) is 11.3 Å². The Hall–Kier alpha value is -0.490. The molecule has 2 aliphatic rings. The molecule has 1 aromatic heterocycles. The van der Waals surface area contributed by atoms with Gasteiger partial charge in [0.2, 0.25) is 0 Å². The van der Waals surface area contributed by atoms with Crippen molar-refractivity contribution in [2.24, 2.45) is 5.92 Å². The Morgan fingerprint density at radius 3 is 2.59 bits per heavy atom. The van der Waals surface area contributed by atoms with Crippen LogP contribution in [0.5, 0.6) is 0 Å². The van der Waals surface area contributed by atoms with Crippen molar-refractivity contribution in [2.45, 2.75) is 52.1 Å². The quantitative estimate of drug-likeness (QED) is 0.924. The Balaban J connectivity index is 1.49. The van der Waals surface area contributed by atoms with E-state index in [1.165, 1.54) is 60.9 Å². The van der Waals surface area contributed by atoms with E-state index in [0.717, 1.165) is 19.1 Å². The molecule has 4 nitrogen and oxygen atoms in total. The predicted octanol–water partition coefficient (Wildman–Crippen LogP) is 2.43. The van der Waals surface area contributed by atoms with Crippen molar-refractivity contribution in [2.75, 3.05) is 32.8 Å². The van der Waals surface area contributed by atoms with Crippen molar-refractivity contribution in [1.82, 2.24) is 14.8 Å². The van der Waals surface area contributed by atoms with Gasteiger partial charge in [0.1, 0.15) is 0 Å². The lowest BCUT2D eigenvalue weighted by molar-refractivity contribution is 0.0528. The van der Waals surface area contributed by atoms with Crippen LogP contribution in [0.3, 0.4) is 0 Å². The van der Waals surface area contributed by atoms with Crippen LogP contribution in [0.1, 0.15) is 41.3 Å². The van der Waals surface area contributed by atoms with Crippen LogP contribution in [0.15, 0.2) is 0 Å². The number of thiazole rings is 1. The second-order valence-electron chi connectivity index (χ2n) is 6.93. The van der Waals surface area contributed by atoms with Crippen molar-refractivity contribution in [3.63, 3.8) is 0 Å². The van der Waals surface area contributed by atoms with Crippen molar-refractivity contribution in [1.29, 1.82) is 0 Å². The maximum atomic E-state index is 9.40. The van der Waals surface area contributed by atoms with Crippen LogP contribution in [0, 0.1) is 19.8 Å². The highest BCUT2D eigenvalue weighted by Crippen LogP contribution is 2.26. The third kappa shape index (κ3) is 3.88. The van der Waals surface area contributed by atoms with Crippen LogP contribution >= 0.6 is 11.3 Å². The zero-order valence-electron chi connectivity index (χ0n) is 13.9. The van der Waals surface area contributed by atoms with Crippen molar-refractivity contribution >= 4 is 11.3 Å². The first kappa shape index (κ1) is 16.4. The van der Waals surface area contributed by atoms with E-state index in [0.29, 0.717) is 12.5 Å². The minimum absolute atomic E-state index is 0.360. The average molecular weight is 324 g/mol. The topological polar surface area (TPSA) is 39.6 Å². The highest BCUT2D eigenvalue weighted by molar-refractivity contribution is 7.11. The van der Waals surface area contributed by atoms with Gasteiger partial charge in [-0.15, -0.1) is 11.3 Å². The first-order valence-electron chi connectivity index (χ1n) is 8.66. The standard InChI is InChI=1S/C17H29N3OS/c1-13-17(22-14(2)18-13)11-19-8-5-16(6-9-19)20-7-3-4-15(10-20)12-21/h15-16,21H,3-12H2,1-2H3/t15-/m0/s1. The molecule has 0 aromatic carbocycles. The molecule has 3 rings (SSSR count). The molecule has 0 amide bonds. The number of aryl methyl sites for hydroxylation is 2. The van der Waals surface area contributed by atoms with Gasteiger partial charge in [0.25, 0.3) is 0 Å². The summed E-state index contributed by atoms with van der Waals surface area (Å²) in [6.45, 7) is 10.4. The molecule has 1 N–H and O–H groups in total. The Morgan fingerprint density at radius 2 is 1.95 bits per heavy atom. The SMILES string of the molecule is Cc1nc(C)c(CN2CCC(N3CCC[C@H](CO)C3)CC2)s1. The summed E-state index contributed by atoms with van der Waals surface area (Å²) in [5.41, 5.74) is 1.21. The number of likely N-dealkylation sites (tertiary alicyclic amines) is 2. The lowest BCUT2D eigenvalue weighted by Crippen LogP contribution is -2.48. The molecule has 1 aromatic rings. The number of aromatic nitrogens is 1. The highest BCUT2D eigenvalue weighted by atomic mass is 32.1. The maximum Gasteiger partial charge on any atom is 0.0900 e. The van der Waals surface area contributed by atoms with Gasteiger partial charge in [-0.05, 0) is 52.0 Å². The molecular weight excluding hydrogens is 294 g/mol. The smallest absolute Gasteiger partial charge is 0.0900 e. The number of hydrogen-bond acceptors (Lipinski definition) is 5. The minimum atomic E-state index is 0.360. The number of aliphatic hydroxyl groups excluding tert-OH is 1. The average Bonchev–Trinajstić information content (AvgIpc) is 2.86. The molecule has 124 valence electrons. The summed E-state index contributed by atoms with van der Waals surface area (Å²) in [6, 6.07) is 0.731. The summed E-state index contributed by atoms with van der Waals surface area (Å²) in [5, 5.41) is 10.6. The first-order valence-corrected chi connectivity index (χ1v) is 9.47.